The van der Waals surface area contributed by atoms with Gasteiger partial charge in [0, 0.05) is 30.6 Å². The molecule has 0 radical (unpaired) electrons. The van der Waals surface area contributed by atoms with Crippen LogP contribution in [-0.4, -0.2) is 31.3 Å². The SMILES string of the molecule is COc1ccc(CNC(CCC(=O)O)Cc2ccccc2)c(OC)c1. The first-order chi connectivity index (χ1) is 12.1. The Labute approximate surface area is 148 Å². The zero-order valence-electron chi connectivity index (χ0n) is 14.7. The molecule has 0 saturated carbocycles. The van der Waals surface area contributed by atoms with Crippen molar-refractivity contribution in [3.8, 4) is 11.5 Å². The van der Waals surface area contributed by atoms with Crippen LogP contribution in [-0.2, 0) is 17.8 Å². The first-order valence-electron chi connectivity index (χ1n) is 8.32. The topological polar surface area (TPSA) is 67.8 Å². The summed E-state index contributed by atoms with van der Waals surface area (Å²) in [4.78, 5) is 10.9. The number of hydrogen-bond donors (Lipinski definition) is 2. The maximum atomic E-state index is 10.9. The summed E-state index contributed by atoms with van der Waals surface area (Å²) in [6.07, 6.45) is 1.50. The van der Waals surface area contributed by atoms with Gasteiger partial charge < -0.3 is 19.9 Å². The van der Waals surface area contributed by atoms with Crippen molar-refractivity contribution in [2.75, 3.05) is 14.2 Å². The lowest BCUT2D eigenvalue weighted by Gasteiger charge is -2.19. The van der Waals surface area contributed by atoms with Gasteiger partial charge in [0.25, 0.3) is 0 Å². The molecular formula is C20H25NO4. The normalized spacial score (nSPS) is 11.8. The summed E-state index contributed by atoms with van der Waals surface area (Å²) >= 11 is 0. The molecule has 2 aromatic rings. The van der Waals surface area contributed by atoms with Gasteiger partial charge in [-0.1, -0.05) is 36.4 Å². The van der Waals surface area contributed by atoms with Crippen LogP contribution in [0.25, 0.3) is 0 Å². The highest BCUT2D eigenvalue weighted by molar-refractivity contribution is 5.66. The van der Waals surface area contributed by atoms with Gasteiger partial charge >= 0.3 is 5.97 Å². The van der Waals surface area contributed by atoms with Crippen LogP contribution in [0.15, 0.2) is 48.5 Å². The lowest BCUT2D eigenvalue weighted by atomic mass is 10.0. The molecule has 2 rings (SSSR count). The van der Waals surface area contributed by atoms with Crippen LogP contribution in [0.2, 0.25) is 0 Å². The molecule has 0 saturated heterocycles. The number of hydrogen-bond acceptors (Lipinski definition) is 4. The molecule has 2 N–H and O–H groups in total. The van der Waals surface area contributed by atoms with Gasteiger partial charge in [0.1, 0.15) is 11.5 Å². The van der Waals surface area contributed by atoms with Crippen LogP contribution in [0.5, 0.6) is 11.5 Å². The van der Waals surface area contributed by atoms with E-state index in [0.29, 0.717) is 13.0 Å². The van der Waals surface area contributed by atoms with E-state index in [0.717, 1.165) is 23.5 Å². The zero-order valence-corrected chi connectivity index (χ0v) is 14.7. The van der Waals surface area contributed by atoms with Crippen LogP contribution in [0, 0.1) is 0 Å². The largest absolute Gasteiger partial charge is 0.497 e. The Bertz CT molecular complexity index is 673. The van der Waals surface area contributed by atoms with E-state index in [-0.39, 0.29) is 12.5 Å². The van der Waals surface area contributed by atoms with E-state index in [1.54, 1.807) is 14.2 Å². The molecule has 0 amide bonds. The quantitative estimate of drug-likeness (QED) is 0.693. The second kappa shape index (κ2) is 9.69. The van der Waals surface area contributed by atoms with Crippen molar-refractivity contribution >= 4 is 5.97 Å². The molecule has 0 bridgehead atoms. The van der Waals surface area contributed by atoms with Gasteiger partial charge in [-0.05, 0) is 24.5 Å². The lowest BCUT2D eigenvalue weighted by molar-refractivity contribution is -0.137. The number of rotatable bonds is 10. The smallest absolute Gasteiger partial charge is 0.303 e. The number of nitrogens with one attached hydrogen (secondary N) is 1. The zero-order chi connectivity index (χ0) is 18.1. The van der Waals surface area contributed by atoms with Crippen molar-refractivity contribution in [1.29, 1.82) is 0 Å². The first-order valence-corrected chi connectivity index (χ1v) is 8.32. The maximum absolute atomic E-state index is 10.9. The maximum Gasteiger partial charge on any atom is 0.303 e. The number of carbonyl (C=O) groups is 1. The third-order valence-corrected chi connectivity index (χ3v) is 4.11. The van der Waals surface area contributed by atoms with Crippen LogP contribution >= 0.6 is 0 Å². The molecule has 0 heterocycles. The second-order valence-electron chi connectivity index (χ2n) is 5.88. The fourth-order valence-electron chi connectivity index (χ4n) is 2.72. The molecule has 0 aliphatic heterocycles. The number of methoxy groups -OCH3 is 2. The summed E-state index contributed by atoms with van der Waals surface area (Å²) in [5, 5.41) is 12.5. The Balaban J connectivity index is 2.04. The first kappa shape index (κ1) is 18.8. The van der Waals surface area contributed by atoms with E-state index in [1.165, 1.54) is 5.56 Å². The summed E-state index contributed by atoms with van der Waals surface area (Å²) in [6, 6.07) is 15.9. The van der Waals surface area contributed by atoms with E-state index in [9.17, 15) is 4.79 Å². The summed E-state index contributed by atoms with van der Waals surface area (Å²) < 4.78 is 10.6. The number of carboxylic acid groups (broad SMARTS) is 1. The average molecular weight is 343 g/mol. The van der Waals surface area contributed by atoms with Gasteiger partial charge in [0.15, 0.2) is 0 Å². The van der Waals surface area contributed by atoms with Crippen LogP contribution in [0.3, 0.4) is 0 Å². The summed E-state index contributed by atoms with van der Waals surface area (Å²) in [7, 11) is 3.25. The molecule has 1 unspecified atom stereocenters. The monoisotopic (exact) mass is 343 g/mol. The predicted octanol–water partition coefficient (Wildman–Crippen LogP) is 3.27. The number of aliphatic carboxylic acids is 1. The Morgan fingerprint density at radius 1 is 1.12 bits per heavy atom. The van der Waals surface area contributed by atoms with E-state index < -0.39 is 5.97 Å². The van der Waals surface area contributed by atoms with Crippen LogP contribution in [0.1, 0.15) is 24.0 Å². The fourth-order valence-corrected chi connectivity index (χ4v) is 2.72. The minimum absolute atomic E-state index is 0.0744. The fraction of sp³-hybridized carbons (Fsp3) is 0.350. The Morgan fingerprint density at radius 2 is 1.88 bits per heavy atom. The average Bonchev–Trinajstić information content (AvgIpc) is 2.64. The van der Waals surface area contributed by atoms with Crippen molar-refractivity contribution in [3.05, 3.63) is 59.7 Å². The molecule has 0 aliphatic rings. The number of ether oxygens (including phenoxy) is 2. The van der Waals surface area contributed by atoms with E-state index in [1.807, 2.05) is 36.4 Å². The van der Waals surface area contributed by atoms with Gasteiger partial charge in [-0.15, -0.1) is 0 Å². The highest BCUT2D eigenvalue weighted by Gasteiger charge is 2.13. The highest BCUT2D eigenvalue weighted by atomic mass is 16.5. The second-order valence-corrected chi connectivity index (χ2v) is 5.88. The van der Waals surface area contributed by atoms with Crippen LogP contribution in [0.4, 0.5) is 0 Å². The van der Waals surface area contributed by atoms with E-state index in [2.05, 4.69) is 17.4 Å². The minimum Gasteiger partial charge on any atom is -0.497 e. The van der Waals surface area contributed by atoms with Crippen molar-refractivity contribution in [2.45, 2.75) is 31.8 Å². The van der Waals surface area contributed by atoms with Gasteiger partial charge in [-0.3, -0.25) is 4.79 Å². The van der Waals surface area contributed by atoms with Crippen LogP contribution < -0.4 is 14.8 Å². The van der Waals surface area contributed by atoms with Gasteiger partial charge in [0.2, 0.25) is 0 Å². The molecule has 2 aromatic carbocycles. The standard InChI is InChI=1S/C20H25NO4/c1-24-18-10-8-16(19(13-18)25-2)14-21-17(9-11-20(22)23)12-15-6-4-3-5-7-15/h3-8,10,13,17,21H,9,11-12,14H2,1-2H3,(H,22,23). The Hall–Kier alpha value is -2.53. The summed E-state index contributed by atoms with van der Waals surface area (Å²) in [5.41, 5.74) is 2.20. The molecule has 134 valence electrons. The van der Waals surface area contributed by atoms with Gasteiger partial charge in [-0.25, -0.2) is 0 Å². The van der Waals surface area contributed by atoms with Crippen molar-refractivity contribution in [3.63, 3.8) is 0 Å². The predicted molar refractivity (Wildman–Crippen MR) is 97.2 cm³/mol. The third-order valence-electron chi connectivity index (χ3n) is 4.11. The molecule has 0 aliphatic carbocycles. The molecule has 0 fully saturated rings. The molecule has 5 nitrogen and oxygen atoms in total. The third kappa shape index (κ3) is 6.12. The van der Waals surface area contributed by atoms with Crippen molar-refractivity contribution < 1.29 is 19.4 Å². The molecule has 1 atom stereocenters. The molecule has 25 heavy (non-hydrogen) atoms. The highest BCUT2D eigenvalue weighted by Crippen LogP contribution is 2.24. The molecule has 5 heteroatoms. The van der Waals surface area contributed by atoms with Crippen molar-refractivity contribution in [2.24, 2.45) is 0 Å². The van der Waals surface area contributed by atoms with Gasteiger partial charge in [-0.2, -0.15) is 0 Å². The van der Waals surface area contributed by atoms with E-state index in [4.69, 9.17) is 14.6 Å². The molecule has 0 aromatic heterocycles. The molecule has 0 spiro atoms. The van der Waals surface area contributed by atoms with Gasteiger partial charge in [0.05, 0.1) is 14.2 Å². The summed E-state index contributed by atoms with van der Waals surface area (Å²) in [5.74, 6) is 0.720. The Morgan fingerprint density at radius 3 is 2.52 bits per heavy atom. The molecular weight excluding hydrogens is 318 g/mol. The number of carboxylic acids is 1. The minimum atomic E-state index is -0.776. The number of benzene rings is 2. The van der Waals surface area contributed by atoms with Crippen molar-refractivity contribution in [1.82, 2.24) is 5.32 Å². The van der Waals surface area contributed by atoms with E-state index >= 15 is 0 Å². The summed E-state index contributed by atoms with van der Waals surface area (Å²) in [6.45, 7) is 0.601. The Kier molecular flexibility index (Phi) is 7.29. The lowest BCUT2D eigenvalue weighted by Crippen LogP contribution is -2.31.